The molecule has 1 aromatic rings. The Bertz CT molecular complexity index is 265. The van der Waals surface area contributed by atoms with Crippen molar-refractivity contribution in [1.29, 1.82) is 0 Å². The molecule has 0 saturated carbocycles. The molecule has 68 valence electrons. The molecule has 0 aromatic carbocycles. The zero-order valence-corrected chi connectivity index (χ0v) is 9.46. The molecule has 0 amide bonds. The highest BCUT2D eigenvalue weighted by Crippen LogP contribution is 2.23. The van der Waals surface area contributed by atoms with E-state index in [1.165, 1.54) is 0 Å². The van der Waals surface area contributed by atoms with Crippen molar-refractivity contribution in [2.75, 3.05) is 19.0 Å². The number of nitrogens with zero attached hydrogens (tertiary/aromatic N) is 3. The fourth-order valence-corrected chi connectivity index (χ4v) is 1.81. The lowest BCUT2D eigenvalue weighted by Gasteiger charge is -2.17. The second kappa shape index (κ2) is 3.47. The summed E-state index contributed by atoms with van der Waals surface area (Å²) < 4.78 is 3.17. The minimum Gasteiger partial charge on any atom is -0.348 e. The Labute approximate surface area is 81.5 Å². The van der Waals surface area contributed by atoms with E-state index in [0.717, 1.165) is 10.6 Å². The van der Waals surface area contributed by atoms with Gasteiger partial charge in [0.1, 0.15) is 4.60 Å². The topological polar surface area (TPSA) is 21.1 Å². The molecule has 4 heteroatoms. The smallest absolute Gasteiger partial charge is 0.206 e. The van der Waals surface area contributed by atoms with Gasteiger partial charge in [0, 0.05) is 20.1 Å². The molecule has 1 rings (SSSR count). The molecule has 0 fully saturated rings. The summed E-state index contributed by atoms with van der Waals surface area (Å²) in [7, 11) is 3.99. The number of hydrogen-bond acceptors (Lipinski definition) is 2. The minimum absolute atomic E-state index is 0.430. The monoisotopic (exact) mass is 231 g/mol. The molecule has 0 radical (unpaired) electrons. The normalized spacial score (nSPS) is 10.8. The third-order valence-electron chi connectivity index (χ3n) is 1.65. The Kier molecular flexibility index (Phi) is 2.77. The van der Waals surface area contributed by atoms with E-state index in [1.807, 2.05) is 25.2 Å². The van der Waals surface area contributed by atoms with Gasteiger partial charge in [-0.1, -0.05) is 0 Å². The first-order chi connectivity index (χ1) is 5.54. The van der Waals surface area contributed by atoms with E-state index < -0.39 is 0 Å². The highest BCUT2D eigenvalue weighted by Gasteiger charge is 2.11. The summed E-state index contributed by atoms with van der Waals surface area (Å²) in [6.45, 7) is 4.28. The Balaban J connectivity index is 3.12. The molecule has 0 aliphatic rings. The summed E-state index contributed by atoms with van der Waals surface area (Å²) in [5.41, 5.74) is 0. The quantitative estimate of drug-likeness (QED) is 0.780. The third-order valence-corrected chi connectivity index (χ3v) is 2.24. The van der Waals surface area contributed by atoms with Crippen molar-refractivity contribution < 1.29 is 0 Å². The summed E-state index contributed by atoms with van der Waals surface area (Å²) >= 11 is 3.46. The van der Waals surface area contributed by atoms with Crippen molar-refractivity contribution in [2.45, 2.75) is 19.9 Å². The summed E-state index contributed by atoms with van der Waals surface area (Å²) in [6.07, 6.45) is 1.83. The number of halogens is 1. The van der Waals surface area contributed by atoms with Gasteiger partial charge in [0.25, 0.3) is 0 Å². The first-order valence-electron chi connectivity index (χ1n) is 3.94. The number of aromatic nitrogens is 2. The van der Waals surface area contributed by atoms with Gasteiger partial charge in [-0.2, -0.15) is 0 Å². The van der Waals surface area contributed by atoms with Crippen molar-refractivity contribution in [3.05, 3.63) is 10.8 Å². The lowest BCUT2D eigenvalue weighted by atomic mass is 10.4. The van der Waals surface area contributed by atoms with Crippen LogP contribution in [0, 0.1) is 0 Å². The maximum Gasteiger partial charge on any atom is 0.206 e. The summed E-state index contributed by atoms with van der Waals surface area (Å²) in [5.74, 6) is 0.983. The molecular weight excluding hydrogens is 218 g/mol. The highest BCUT2D eigenvalue weighted by molar-refractivity contribution is 9.10. The van der Waals surface area contributed by atoms with Crippen LogP contribution in [-0.2, 0) is 0 Å². The van der Waals surface area contributed by atoms with Gasteiger partial charge in [0.05, 0.1) is 6.20 Å². The summed E-state index contributed by atoms with van der Waals surface area (Å²) in [6, 6.07) is 0.430. The fourth-order valence-electron chi connectivity index (χ4n) is 1.14. The molecule has 0 N–H and O–H groups in total. The van der Waals surface area contributed by atoms with E-state index in [0.29, 0.717) is 6.04 Å². The SMILES string of the molecule is CC(C)n1c(Br)cnc1N(C)C. The Morgan fingerprint density at radius 3 is 2.42 bits per heavy atom. The predicted molar refractivity (Wildman–Crippen MR) is 54.6 cm³/mol. The van der Waals surface area contributed by atoms with E-state index in [2.05, 4.69) is 39.3 Å². The standard InChI is InChI=1S/C8H14BrN3/c1-6(2)12-7(9)5-10-8(12)11(3)4/h5-6H,1-4H3. The molecular formula is C8H14BrN3. The number of rotatable bonds is 2. The average molecular weight is 232 g/mol. The maximum atomic E-state index is 4.28. The fraction of sp³-hybridized carbons (Fsp3) is 0.625. The van der Waals surface area contributed by atoms with Crippen molar-refractivity contribution in [3.8, 4) is 0 Å². The van der Waals surface area contributed by atoms with Gasteiger partial charge in [-0.25, -0.2) is 4.98 Å². The van der Waals surface area contributed by atoms with Gasteiger partial charge in [-0.15, -0.1) is 0 Å². The molecule has 0 atom stereocenters. The molecule has 0 unspecified atom stereocenters. The van der Waals surface area contributed by atoms with Crippen LogP contribution in [0.5, 0.6) is 0 Å². The van der Waals surface area contributed by atoms with Crippen LogP contribution in [-0.4, -0.2) is 23.6 Å². The summed E-state index contributed by atoms with van der Waals surface area (Å²) in [5, 5.41) is 0. The van der Waals surface area contributed by atoms with Crippen molar-refractivity contribution in [1.82, 2.24) is 9.55 Å². The molecule has 12 heavy (non-hydrogen) atoms. The number of imidazole rings is 1. The molecule has 0 aliphatic heterocycles. The second-order valence-corrected chi connectivity index (χ2v) is 4.05. The van der Waals surface area contributed by atoms with Crippen LogP contribution in [0.25, 0.3) is 0 Å². The predicted octanol–water partition coefficient (Wildman–Crippen LogP) is 2.29. The van der Waals surface area contributed by atoms with Crippen LogP contribution < -0.4 is 4.90 Å². The van der Waals surface area contributed by atoms with E-state index in [4.69, 9.17) is 0 Å². The Morgan fingerprint density at radius 1 is 1.50 bits per heavy atom. The van der Waals surface area contributed by atoms with Crippen molar-refractivity contribution in [3.63, 3.8) is 0 Å². The van der Waals surface area contributed by atoms with E-state index >= 15 is 0 Å². The van der Waals surface area contributed by atoms with E-state index in [1.54, 1.807) is 0 Å². The Morgan fingerprint density at radius 2 is 2.08 bits per heavy atom. The highest BCUT2D eigenvalue weighted by atomic mass is 79.9. The summed E-state index contributed by atoms with van der Waals surface area (Å²) in [4.78, 5) is 6.28. The largest absolute Gasteiger partial charge is 0.348 e. The van der Waals surface area contributed by atoms with Gasteiger partial charge in [-0.3, -0.25) is 0 Å². The second-order valence-electron chi connectivity index (χ2n) is 3.24. The van der Waals surface area contributed by atoms with Gasteiger partial charge < -0.3 is 9.47 Å². The molecule has 3 nitrogen and oxygen atoms in total. The minimum atomic E-state index is 0.430. The molecule has 0 bridgehead atoms. The zero-order valence-electron chi connectivity index (χ0n) is 7.87. The molecule has 1 aromatic heterocycles. The van der Waals surface area contributed by atoms with Crippen LogP contribution >= 0.6 is 15.9 Å². The molecule has 1 heterocycles. The van der Waals surface area contributed by atoms with Crippen molar-refractivity contribution >= 4 is 21.9 Å². The molecule has 0 spiro atoms. The van der Waals surface area contributed by atoms with Gasteiger partial charge in [0.2, 0.25) is 5.95 Å². The van der Waals surface area contributed by atoms with Gasteiger partial charge in [-0.05, 0) is 29.8 Å². The lowest BCUT2D eigenvalue weighted by molar-refractivity contribution is 0.587. The van der Waals surface area contributed by atoms with Crippen LogP contribution in [0.1, 0.15) is 19.9 Å². The van der Waals surface area contributed by atoms with E-state index in [-0.39, 0.29) is 0 Å². The van der Waals surface area contributed by atoms with Crippen molar-refractivity contribution in [2.24, 2.45) is 0 Å². The first-order valence-corrected chi connectivity index (χ1v) is 4.73. The van der Waals surface area contributed by atoms with Gasteiger partial charge in [0.15, 0.2) is 0 Å². The Hall–Kier alpha value is -0.510. The maximum absolute atomic E-state index is 4.28. The van der Waals surface area contributed by atoms with Gasteiger partial charge >= 0.3 is 0 Å². The van der Waals surface area contributed by atoms with Crippen LogP contribution in [0.3, 0.4) is 0 Å². The number of hydrogen-bond donors (Lipinski definition) is 0. The van der Waals surface area contributed by atoms with Crippen LogP contribution in [0.4, 0.5) is 5.95 Å². The first kappa shape index (κ1) is 9.58. The number of anilines is 1. The third kappa shape index (κ3) is 1.63. The lowest BCUT2D eigenvalue weighted by Crippen LogP contribution is -2.16. The molecule has 0 saturated heterocycles. The van der Waals surface area contributed by atoms with Crippen LogP contribution in [0.15, 0.2) is 10.8 Å². The molecule has 0 aliphatic carbocycles. The zero-order chi connectivity index (χ0) is 9.30. The average Bonchev–Trinajstić information content (AvgIpc) is 2.30. The van der Waals surface area contributed by atoms with Crippen LogP contribution in [0.2, 0.25) is 0 Å². The van der Waals surface area contributed by atoms with E-state index in [9.17, 15) is 0 Å².